The summed E-state index contributed by atoms with van der Waals surface area (Å²) in [4.78, 5) is 38.4. The summed E-state index contributed by atoms with van der Waals surface area (Å²) in [5.41, 5.74) is -0.0628. The van der Waals surface area contributed by atoms with Gasteiger partial charge < -0.3 is 15.3 Å². The average molecular weight is 376 g/mol. The van der Waals surface area contributed by atoms with Crippen molar-refractivity contribution in [1.82, 2.24) is 10.2 Å². The van der Waals surface area contributed by atoms with E-state index in [9.17, 15) is 23.9 Å². The van der Waals surface area contributed by atoms with Crippen molar-refractivity contribution in [3.05, 3.63) is 35.6 Å². The SMILES string of the molecule is O=C(NC(C(=O)O)c1ccccc1F)C1CCN(C(=O)C2CCCC2)CC1. The van der Waals surface area contributed by atoms with Crippen LogP contribution in [0.1, 0.15) is 50.1 Å². The van der Waals surface area contributed by atoms with E-state index in [0.717, 1.165) is 25.7 Å². The van der Waals surface area contributed by atoms with Gasteiger partial charge in [-0.05, 0) is 31.7 Å². The van der Waals surface area contributed by atoms with Crippen molar-refractivity contribution in [2.45, 2.75) is 44.6 Å². The fourth-order valence-corrected chi connectivity index (χ4v) is 4.03. The predicted octanol–water partition coefficient (Wildman–Crippen LogP) is 2.50. The number of hydrogen-bond donors (Lipinski definition) is 2. The van der Waals surface area contributed by atoms with Gasteiger partial charge in [-0.15, -0.1) is 0 Å². The van der Waals surface area contributed by atoms with Gasteiger partial charge in [-0.2, -0.15) is 0 Å². The number of nitrogens with zero attached hydrogens (tertiary/aromatic N) is 1. The number of amides is 2. The minimum Gasteiger partial charge on any atom is -0.479 e. The molecule has 2 aliphatic rings. The van der Waals surface area contributed by atoms with Gasteiger partial charge in [-0.25, -0.2) is 9.18 Å². The average Bonchev–Trinajstić information content (AvgIpc) is 3.21. The van der Waals surface area contributed by atoms with Gasteiger partial charge >= 0.3 is 5.97 Å². The molecule has 1 aliphatic heterocycles. The molecular formula is C20H25FN2O4. The largest absolute Gasteiger partial charge is 0.479 e. The molecule has 27 heavy (non-hydrogen) atoms. The van der Waals surface area contributed by atoms with Gasteiger partial charge in [-0.3, -0.25) is 9.59 Å². The van der Waals surface area contributed by atoms with Gasteiger partial charge in [0.2, 0.25) is 11.8 Å². The van der Waals surface area contributed by atoms with Gasteiger partial charge in [-0.1, -0.05) is 31.0 Å². The Morgan fingerprint density at radius 3 is 2.26 bits per heavy atom. The lowest BCUT2D eigenvalue weighted by molar-refractivity contribution is -0.143. The van der Waals surface area contributed by atoms with Crippen LogP contribution in [0.4, 0.5) is 4.39 Å². The molecular weight excluding hydrogens is 351 g/mol. The van der Waals surface area contributed by atoms with Crippen LogP contribution in [0.5, 0.6) is 0 Å². The molecule has 1 atom stereocenters. The van der Waals surface area contributed by atoms with E-state index >= 15 is 0 Å². The number of carbonyl (C=O) groups is 3. The van der Waals surface area contributed by atoms with Crippen LogP contribution in [0.15, 0.2) is 24.3 Å². The minimum absolute atomic E-state index is 0.0628. The maximum absolute atomic E-state index is 13.9. The third kappa shape index (κ3) is 4.46. The smallest absolute Gasteiger partial charge is 0.331 e. The molecule has 3 rings (SSSR count). The first-order valence-corrected chi connectivity index (χ1v) is 9.53. The molecule has 146 valence electrons. The lowest BCUT2D eigenvalue weighted by Gasteiger charge is -2.33. The highest BCUT2D eigenvalue weighted by atomic mass is 19.1. The molecule has 1 saturated carbocycles. The molecule has 7 heteroatoms. The zero-order chi connectivity index (χ0) is 19.4. The van der Waals surface area contributed by atoms with Crippen LogP contribution in [0.3, 0.4) is 0 Å². The second-order valence-electron chi connectivity index (χ2n) is 7.38. The number of likely N-dealkylation sites (tertiary alicyclic amines) is 1. The topological polar surface area (TPSA) is 86.7 Å². The lowest BCUT2D eigenvalue weighted by Crippen LogP contribution is -2.46. The summed E-state index contributed by atoms with van der Waals surface area (Å²) in [5, 5.41) is 11.9. The second-order valence-corrected chi connectivity index (χ2v) is 7.38. The van der Waals surface area contributed by atoms with Gasteiger partial charge in [0.15, 0.2) is 6.04 Å². The first-order chi connectivity index (χ1) is 13.0. The summed E-state index contributed by atoms with van der Waals surface area (Å²) in [5.74, 6) is -2.44. The molecule has 0 radical (unpaired) electrons. The van der Waals surface area contributed by atoms with Crippen molar-refractivity contribution < 1.29 is 23.9 Å². The maximum Gasteiger partial charge on any atom is 0.331 e. The minimum atomic E-state index is -1.42. The molecule has 6 nitrogen and oxygen atoms in total. The Kier molecular flexibility index (Phi) is 6.08. The molecule has 1 aromatic rings. The van der Waals surface area contributed by atoms with Crippen molar-refractivity contribution >= 4 is 17.8 Å². The van der Waals surface area contributed by atoms with Crippen molar-refractivity contribution in [2.75, 3.05) is 13.1 Å². The number of carboxylic acids is 1. The third-order valence-electron chi connectivity index (χ3n) is 5.63. The summed E-state index contributed by atoms with van der Waals surface area (Å²) in [6.45, 7) is 1.01. The summed E-state index contributed by atoms with van der Waals surface area (Å²) in [6, 6.07) is 4.11. The highest BCUT2D eigenvalue weighted by molar-refractivity contribution is 5.86. The van der Waals surface area contributed by atoms with Crippen molar-refractivity contribution in [3.63, 3.8) is 0 Å². The number of piperidine rings is 1. The quantitative estimate of drug-likeness (QED) is 0.827. The van der Waals surface area contributed by atoms with Crippen molar-refractivity contribution in [3.8, 4) is 0 Å². The number of aliphatic carboxylic acids is 1. The van der Waals surface area contributed by atoms with Gasteiger partial charge in [0.25, 0.3) is 0 Å². The number of carbonyl (C=O) groups excluding carboxylic acids is 2. The Hall–Kier alpha value is -2.44. The Labute approximate surface area is 157 Å². The molecule has 0 bridgehead atoms. The first kappa shape index (κ1) is 19.3. The van der Waals surface area contributed by atoms with Crippen molar-refractivity contribution in [2.24, 2.45) is 11.8 Å². The molecule has 1 aromatic carbocycles. The highest BCUT2D eigenvalue weighted by Gasteiger charge is 2.34. The Morgan fingerprint density at radius 1 is 1.04 bits per heavy atom. The Bertz CT molecular complexity index is 710. The van der Waals surface area contributed by atoms with Crippen LogP contribution in [-0.4, -0.2) is 40.9 Å². The number of rotatable bonds is 5. The monoisotopic (exact) mass is 376 g/mol. The molecule has 1 unspecified atom stereocenters. The molecule has 2 fully saturated rings. The number of benzene rings is 1. The van der Waals surface area contributed by atoms with Gasteiger partial charge in [0, 0.05) is 30.5 Å². The van der Waals surface area contributed by atoms with E-state index in [-0.39, 0.29) is 23.3 Å². The van der Waals surface area contributed by atoms with Crippen LogP contribution >= 0.6 is 0 Å². The van der Waals surface area contributed by atoms with Crippen LogP contribution in [0.25, 0.3) is 0 Å². The summed E-state index contributed by atoms with van der Waals surface area (Å²) < 4.78 is 13.9. The Balaban J connectivity index is 1.57. The normalized spacial score (nSPS) is 19.7. The number of carboxylic acid groups (broad SMARTS) is 1. The molecule has 1 saturated heterocycles. The van der Waals surface area contributed by atoms with Crippen LogP contribution in [0, 0.1) is 17.7 Å². The molecule has 0 aromatic heterocycles. The van der Waals surface area contributed by atoms with E-state index in [4.69, 9.17) is 0 Å². The van der Waals surface area contributed by atoms with E-state index in [2.05, 4.69) is 5.32 Å². The summed E-state index contributed by atoms with van der Waals surface area (Å²) >= 11 is 0. The number of halogens is 1. The lowest BCUT2D eigenvalue weighted by atomic mass is 9.93. The van der Waals surface area contributed by atoms with Crippen molar-refractivity contribution in [1.29, 1.82) is 0 Å². The van der Waals surface area contributed by atoms with Crippen LogP contribution < -0.4 is 5.32 Å². The summed E-state index contributed by atoms with van der Waals surface area (Å²) in [6.07, 6.45) is 5.08. The summed E-state index contributed by atoms with van der Waals surface area (Å²) in [7, 11) is 0. The highest BCUT2D eigenvalue weighted by Crippen LogP contribution is 2.29. The van der Waals surface area contributed by atoms with E-state index in [0.29, 0.717) is 25.9 Å². The molecule has 1 heterocycles. The zero-order valence-corrected chi connectivity index (χ0v) is 15.2. The van der Waals surface area contributed by atoms with E-state index in [1.165, 1.54) is 24.3 Å². The van der Waals surface area contributed by atoms with Gasteiger partial charge in [0.05, 0.1) is 0 Å². The van der Waals surface area contributed by atoms with Gasteiger partial charge in [0.1, 0.15) is 5.82 Å². The van der Waals surface area contributed by atoms with E-state index < -0.39 is 23.7 Å². The fourth-order valence-electron chi connectivity index (χ4n) is 4.03. The third-order valence-corrected chi connectivity index (χ3v) is 5.63. The van der Waals surface area contributed by atoms with Crippen LogP contribution in [-0.2, 0) is 14.4 Å². The predicted molar refractivity (Wildman–Crippen MR) is 96.2 cm³/mol. The molecule has 2 N–H and O–H groups in total. The van der Waals surface area contributed by atoms with Crippen LogP contribution in [0.2, 0.25) is 0 Å². The number of hydrogen-bond acceptors (Lipinski definition) is 3. The second kappa shape index (κ2) is 8.50. The standard InChI is InChI=1S/C20H25FN2O4/c21-16-8-4-3-7-15(16)17(20(26)27)22-18(24)13-9-11-23(12-10-13)19(25)14-5-1-2-6-14/h3-4,7-8,13-14,17H,1-2,5-6,9-12H2,(H,22,24)(H,26,27). The molecule has 0 spiro atoms. The maximum atomic E-state index is 13.9. The molecule has 1 aliphatic carbocycles. The van der Waals surface area contributed by atoms with E-state index in [1.54, 1.807) is 0 Å². The fraction of sp³-hybridized carbons (Fsp3) is 0.550. The molecule has 2 amide bonds. The zero-order valence-electron chi connectivity index (χ0n) is 15.2. The Morgan fingerprint density at radius 2 is 1.67 bits per heavy atom. The van der Waals surface area contributed by atoms with E-state index in [1.807, 2.05) is 4.90 Å². The number of nitrogens with one attached hydrogen (secondary N) is 1. The first-order valence-electron chi connectivity index (χ1n) is 9.53.